The second-order valence-corrected chi connectivity index (χ2v) is 5.39. The van der Waals surface area contributed by atoms with Crippen LogP contribution in [-0.2, 0) is 6.54 Å². The predicted octanol–water partition coefficient (Wildman–Crippen LogP) is 3.32. The third kappa shape index (κ3) is 3.14. The molecule has 2 unspecified atom stereocenters. The molecule has 2 atom stereocenters. The van der Waals surface area contributed by atoms with Crippen LogP contribution in [-0.4, -0.2) is 22.4 Å². The van der Waals surface area contributed by atoms with Crippen molar-refractivity contribution in [1.29, 1.82) is 0 Å². The van der Waals surface area contributed by atoms with Crippen molar-refractivity contribution in [2.75, 3.05) is 6.54 Å². The molecule has 3 heteroatoms. The highest BCUT2D eigenvalue weighted by Crippen LogP contribution is 2.32. The third-order valence-corrected chi connectivity index (χ3v) is 4.05. The molecule has 102 valence electrons. The maximum Gasteiger partial charge on any atom is 0.0492 e. The number of aryl methyl sites for hydroxylation is 1. The number of hydrogen-bond donors (Lipinski definition) is 1. The van der Waals surface area contributed by atoms with Crippen molar-refractivity contribution in [3.8, 4) is 0 Å². The second-order valence-electron chi connectivity index (χ2n) is 5.39. The Kier molecular flexibility index (Phi) is 5.24. The number of nitrogens with one attached hydrogen (secondary N) is 1. The standard InChI is InChI=1S/C15H27N3/c1-3-12-18-15(10-11-17-18)13-8-6-5-7-9-14(13)16-4-2/h10-11,13-14,16H,3-9,12H2,1-2H3. The van der Waals surface area contributed by atoms with Crippen molar-refractivity contribution < 1.29 is 0 Å². The Balaban J connectivity index is 2.17. The second kappa shape index (κ2) is 6.93. The number of likely N-dealkylation sites (N-methyl/N-ethyl adjacent to an activating group) is 1. The molecule has 1 aliphatic rings. The molecule has 0 aromatic carbocycles. The smallest absolute Gasteiger partial charge is 0.0492 e. The van der Waals surface area contributed by atoms with Crippen LogP contribution in [0.2, 0.25) is 0 Å². The molecule has 0 amide bonds. The number of hydrogen-bond acceptors (Lipinski definition) is 2. The zero-order valence-corrected chi connectivity index (χ0v) is 11.9. The predicted molar refractivity (Wildman–Crippen MR) is 75.8 cm³/mol. The molecule has 2 rings (SSSR count). The summed E-state index contributed by atoms with van der Waals surface area (Å²) in [5.74, 6) is 0.654. The van der Waals surface area contributed by atoms with Crippen molar-refractivity contribution in [1.82, 2.24) is 15.1 Å². The zero-order valence-electron chi connectivity index (χ0n) is 11.9. The molecule has 1 saturated carbocycles. The highest BCUT2D eigenvalue weighted by molar-refractivity contribution is 5.12. The Morgan fingerprint density at radius 1 is 1.28 bits per heavy atom. The summed E-state index contributed by atoms with van der Waals surface area (Å²) >= 11 is 0. The largest absolute Gasteiger partial charge is 0.314 e. The first-order chi connectivity index (χ1) is 8.86. The van der Waals surface area contributed by atoms with Gasteiger partial charge in [-0.05, 0) is 31.9 Å². The summed E-state index contributed by atoms with van der Waals surface area (Å²) in [6.07, 6.45) is 9.88. The molecule has 1 heterocycles. The fourth-order valence-corrected chi connectivity index (χ4v) is 3.22. The summed E-state index contributed by atoms with van der Waals surface area (Å²) in [7, 11) is 0. The average Bonchev–Trinajstić information content (AvgIpc) is 2.69. The molecule has 1 aromatic heterocycles. The zero-order chi connectivity index (χ0) is 12.8. The van der Waals surface area contributed by atoms with E-state index in [0.717, 1.165) is 19.5 Å². The summed E-state index contributed by atoms with van der Waals surface area (Å²) in [5.41, 5.74) is 1.45. The lowest BCUT2D eigenvalue weighted by Gasteiger charge is -2.26. The molecule has 0 saturated heterocycles. The molecule has 18 heavy (non-hydrogen) atoms. The van der Waals surface area contributed by atoms with Crippen LogP contribution in [0.3, 0.4) is 0 Å². The summed E-state index contributed by atoms with van der Waals surface area (Å²) in [5, 5.41) is 8.19. The van der Waals surface area contributed by atoms with Gasteiger partial charge in [0.05, 0.1) is 0 Å². The summed E-state index contributed by atoms with van der Waals surface area (Å²) in [4.78, 5) is 0. The van der Waals surface area contributed by atoms with Crippen molar-refractivity contribution in [2.24, 2.45) is 0 Å². The van der Waals surface area contributed by atoms with E-state index in [-0.39, 0.29) is 0 Å². The van der Waals surface area contributed by atoms with Crippen LogP contribution in [0.25, 0.3) is 0 Å². The Morgan fingerprint density at radius 3 is 2.89 bits per heavy atom. The highest BCUT2D eigenvalue weighted by Gasteiger charge is 2.26. The quantitative estimate of drug-likeness (QED) is 0.811. The molecule has 3 nitrogen and oxygen atoms in total. The van der Waals surface area contributed by atoms with E-state index in [9.17, 15) is 0 Å². The van der Waals surface area contributed by atoms with Gasteiger partial charge in [-0.1, -0.05) is 33.1 Å². The van der Waals surface area contributed by atoms with Gasteiger partial charge in [0.25, 0.3) is 0 Å². The number of rotatable bonds is 5. The Labute approximate surface area is 111 Å². The molecule has 0 radical (unpaired) electrons. The van der Waals surface area contributed by atoms with E-state index < -0.39 is 0 Å². The topological polar surface area (TPSA) is 29.9 Å². The Morgan fingerprint density at radius 2 is 2.11 bits per heavy atom. The van der Waals surface area contributed by atoms with Crippen LogP contribution in [0.5, 0.6) is 0 Å². The summed E-state index contributed by atoms with van der Waals surface area (Å²) in [6.45, 7) is 6.56. The monoisotopic (exact) mass is 249 g/mol. The molecular formula is C15H27N3. The lowest BCUT2D eigenvalue weighted by Crippen LogP contribution is -2.35. The van der Waals surface area contributed by atoms with Gasteiger partial charge in [-0.2, -0.15) is 5.10 Å². The van der Waals surface area contributed by atoms with Crippen LogP contribution in [0, 0.1) is 0 Å². The molecule has 0 aliphatic heterocycles. The first-order valence-corrected chi connectivity index (χ1v) is 7.61. The van der Waals surface area contributed by atoms with Crippen molar-refractivity contribution in [3.63, 3.8) is 0 Å². The van der Waals surface area contributed by atoms with E-state index in [1.54, 1.807) is 0 Å². The third-order valence-electron chi connectivity index (χ3n) is 4.05. The summed E-state index contributed by atoms with van der Waals surface area (Å²) in [6, 6.07) is 2.88. The molecule has 1 N–H and O–H groups in total. The van der Waals surface area contributed by atoms with Crippen LogP contribution in [0.15, 0.2) is 12.3 Å². The maximum atomic E-state index is 4.50. The minimum atomic E-state index is 0.643. The Bertz CT molecular complexity index is 345. The molecule has 1 aliphatic carbocycles. The molecule has 1 aromatic rings. The van der Waals surface area contributed by atoms with E-state index in [0.29, 0.717) is 12.0 Å². The van der Waals surface area contributed by atoms with E-state index in [2.05, 4.69) is 35.0 Å². The normalized spacial score (nSPS) is 25.0. The van der Waals surface area contributed by atoms with Gasteiger partial charge < -0.3 is 5.32 Å². The number of aromatic nitrogens is 2. The lowest BCUT2D eigenvalue weighted by molar-refractivity contribution is 0.394. The van der Waals surface area contributed by atoms with Crippen LogP contribution < -0.4 is 5.32 Å². The summed E-state index contributed by atoms with van der Waals surface area (Å²) < 4.78 is 2.22. The fraction of sp³-hybridized carbons (Fsp3) is 0.800. The van der Waals surface area contributed by atoms with E-state index in [1.165, 1.54) is 37.8 Å². The van der Waals surface area contributed by atoms with Gasteiger partial charge in [0, 0.05) is 30.4 Å². The SMILES string of the molecule is CCCn1nccc1C1CCCCCC1NCC. The fourth-order valence-electron chi connectivity index (χ4n) is 3.22. The van der Waals surface area contributed by atoms with Gasteiger partial charge in [-0.25, -0.2) is 0 Å². The first kappa shape index (κ1) is 13.6. The average molecular weight is 249 g/mol. The highest BCUT2D eigenvalue weighted by atomic mass is 15.3. The van der Waals surface area contributed by atoms with E-state index >= 15 is 0 Å². The Hall–Kier alpha value is -0.830. The minimum absolute atomic E-state index is 0.643. The first-order valence-electron chi connectivity index (χ1n) is 7.61. The van der Waals surface area contributed by atoms with Gasteiger partial charge >= 0.3 is 0 Å². The van der Waals surface area contributed by atoms with Crippen molar-refractivity contribution in [3.05, 3.63) is 18.0 Å². The lowest BCUT2D eigenvalue weighted by atomic mass is 9.91. The van der Waals surface area contributed by atoms with Crippen molar-refractivity contribution in [2.45, 2.75) is 70.9 Å². The van der Waals surface area contributed by atoms with Crippen LogP contribution >= 0.6 is 0 Å². The molecule has 0 spiro atoms. The van der Waals surface area contributed by atoms with Gasteiger partial charge in [0.1, 0.15) is 0 Å². The van der Waals surface area contributed by atoms with Crippen LogP contribution in [0.4, 0.5) is 0 Å². The van der Waals surface area contributed by atoms with E-state index in [4.69, 9.17) is 0 Å². The van der Waals surface area contributed by atoms with Crippen molar-refractivity contribution >= 4 is 0 Å². The number of nitrogens with zero attached hydrogens (tertiary/aromatic N) is 2. The minimum Gasteiger partial charge on any atom is -0.314 e. The maximum absolute atomic E-state index is 4.50. The molecule has 0 bridgehead atoms. The molecular weight excluding hydrogens is 222 g/mol. The molecule has 1 fully saturated rings. The van der Waals surface area contributed by atoms with Gasteiger partial charge in [0.15, 0.2) is 0 Å². The van der Waals surface area contributed by atoms with Crippen LogP contribution in [0.1, 0.15) is 64.0 Å². The van der Waals surface area contributed by atoms with Gasteiger partial charge in [0.2, 0.25) is 0 Å². The van der Waals surface area contributed by atoms with E-state index in [1.807, 2.05) is 6.20 Å². The van der Waals surface area contributed by atoms with Gasteiger partial charge in [-0.3, -0.25) is 4.68 Å². The van der Waals surface area contributed by atoms with Gasteiger partial charge in [-0.15, -0.1) is 0 Å².